The minimum atomic E-state index is 0.442. The van der Waals surface area contributed by atoms with Gasteiger partial charge in [-0.25, -0.2) is 4.98 Å². The first-order valence-corrected chi connectivity index (χ1v) is 6.84. The highest BCUT2D eigenvalue weighted by atomic mass is 32.1. The van der Waals surface area contributed by atoms with E-state index >= 15 is 0 Å². The lowest BCUT2D eigenvalue weighted by molar-refractivity contribution is 0.128. The van der Waals surface area contributed by atoms with E-state index in [9.17, 15) is 0 Å². The third-order valence-electron chi connectivity index (χ3n) is 2.63. The predicted molar refractivity (Wildman–Crippen MR) is 76.3 cm³/mol. The van der Waals surface area contributed by atoms with Crippen molar-refractivity contribution in [3.05, 3.63) is 28.9 Å². The van der Waals surface area contributed by atoms with E-state index in [0.29, 0.717) is 17.9 Å². The van der Waals surface area contributed by atoms with Crippen molar-refractivity contribution in [3.8, 4) is 11.3 Å². The minimum Gasteiger partial charge on any atom is -0.374 e. The molecule has 102 valence electrons. The van der Waals surface area contributed by atoms with Crippen LogP contribution < -0.4 is 0 Å². The van der Waals surface area contributed by atoms with Crippen LogP contribution in [0, 0.1) is 4.64 Å². The minimum absolute atomic E-state index is 0.442. The van der Waals surface area contributed by atoms with Crippen LogP contribution in [0.2, 0.25) is 0 Å². The molecule has 2 rings (SSSR count). The molecule has 6 heteroatoms. The number of hydrogen-bond acceptors (Lipinski definition) is 4. The number of hydrogen-bond donors (Lipinski definition) is 1. The van der Waals surface area contributed by atoms with Crippen molar-refractivity contribution in [2.24, 2.45) is 0 Å². The van der Waals surface area contributed by atoms with E-state index in [-0.39, 0.29) is 0 Å². The summed E-state index contributed by atoms with van der Waals surface area (Å²) in [6.45, 7) is 6.09. The van der Waals surface area contributed by atoms with Crippen molar-refractivity contribution < 1.29 is 4.74 Å². The molecule has 0 aliphatic rings. The summed E-state index contributed by atoms with van der Waals surface area (Å²) in [5, 5.41) is 4.31. The highest BCUT2D eigenvalue weighted by Gasteiger charge is 2.05. The summed E-state index contributed by atoms with van der Waals surface area (Å²) in [5.74, 6) is 0.743. The first kappa shape index (κ1) is 13.9. The van der Waals surface area contributed by atoms with Crippen LogP contribution in [0.4, 0.5) is 0 Å². The molecule has 0 bridgehead atoms. The zero-order valence-corrected chi connectivity index (χ0v) is 12.0. The van der Waals surface area contributed by atoms with Gasteiger partial charge in [0.15, 0.2) is 0 Å². The summed E-state index contributed by atoms with van der Waals surface area (Å²) in [5.41, 5.74) is 1.94. The standard InChI is InChI=1S/C13H18N4OS/c1-3-5-17-8-10(7-14-17)11-6-13(19)16-12(15-11)9-18-4-2/h6-8H,3-5,9H2,1-2H3,(H,15,16,19). The van der Waals surface area contributed by atoms with Crippen molar-refractivity contribution in [1.29, 1.82) is 0 Å². The normalized spacial score (nSPS) is 10.8. The van der Waals surface area contributed by atoms with Gasteiger partial charge in [-0.05, 0) is 19.4 Å². The molecule has 0 amide bonds. The van der Waals surface area contributed by atoms with Crippen LogP contribution in [0.3, 0.4) is 0 Å². The molecule has 0 aliphatic heterocycles. The van der Waals surface area contributed by atoms with E-state index in [1.165, 1.54) is 0 Å². The Bertz CT molecular complexity index is 590. The van der Waals surface area contributed by atoms with Gasteiger partial charge in [0, 0.05) is 24.9 Å². The van der Waals surface area contributed by atoms with Crippen LogP contribution >= 0.6 is 12.2 Å². The lowest BCUT2D eigenvalue weighted by Crippen LogP contribution is -2.00. The van der Waals surface area contributed by atoms with Crippen LogP contribution in [0.25, 0.3) is 11.3 Å². The molecule has 1 N–H and O–H groups in total. The maximum absolute atomic E-state index is 5.35. The number of nitrogens with zero attached hydrogens (tertiary/aromatic N) is 3. The average Bonchev–Trinajstić information content (AvgIpc) is 2.85. The molecule has 0 fully saturated rings. The third-order valence-corrected chi connectivity index (χ3v) is 2.84. The van der Waals surface area contributed by atoms with Crippen LogP contribution in [0.5, 0.6) is 0 Å². The van der Waals surface area contributed by atoms with Gasteiger partial charge in [0.05, 0.1) is 11.9 Å². The molecule has 0 atom stereocenters. The van der Waals surface area contributed by atoms with Crippen LogP contribution in [-0.2, 0) is 17.9 Å². The summed E-state index contributed by atoms with van der Waals surface area (Å²) in [6, 6.07) is 1.85. The third kappa shape index (κ3) is 3.71. The smallest absolute Gasteiger partial charge is 0.134 e. The molecule has 0 aromatic carbocycles. The summed E-state index contributed by atoms with van der Waals surface area (Å²) in [7, 11) is 0. The fourth-order valence-corrected chi connectivity index (χ4v) is 2.01. The molecule has 0 aliphatic carbocycles. The predicted octanol–water partition coefficient (Wildman–Crippen LogP) is 2.95. The molecule has 0 saturated heterocycles. The number of nitrogens with one attached hydrogen (secondary N) is 1. The molecule has 0 radical (unpaired) electrons. The first-order chi connectivity index (χ1) is 9.22. The van der Waals surface area contributed by atoms with Crippen molar-refractivity contribution in [2.45, 2.75) is 33.4 Å². The summed E-state index contributed by atoms with van der Waals surface area (Å²) < 4.78 is 7.84. The van der Waals surface area contributed by atoms with Gasteiger partial charge < -0.3 is 9.72 Å². The number of H-pyrrole nitrogens is 1. The van der Waals surface area contributed by atoms with E-state index in [0.717, 1.165) is 30.0 Å². The van der Waals surface area contributed by atoms with Gasteiger partial charge in [-0.3, -0.25) is 4.68 Å². The van der Waals surface area contributed by atoms with E-state index in [4.69, 9.17) is 17.0 Å². The lowest BCUT2D eigenvalue weighted by Gasteiger charge is -2.04. The quantitative estimate of drug-likeness (QED) is 0.825. The number of aromatic nitrogens is 4. The lowest BCUT2D eigenvalue weighted by atomic mass is 10.2. The van der Waals surface area contributed by atoms with Crippen LogP contribution in [0.1, 0.15) is 26.1 Å². The number of rotatable bonds is 6. The average molecular weight is 278 g/mol. The molecular formula is C13H18N4OS. The van der Waals surface area contributed by atoms with Crippen LogP contribution in [-0.4, -0.2) is 26.4 Å². The molecule has 0 unspecified atom stereocenters. The maximum atomic E-state index is 5.35. The van der Waals surface area contributed by atoms with Gasteiger partial charge in [-0.2, -0.15) is 5.10 Å². The van der Waals surface area contributed by atoms with Gasteiger partial charge in [0.2, 0.25) is 0 Å². The Morgan fingerprint density at radius 3 is 3.00 bits per heavy atom. The molecule has 19 heavy (non-hydrogen) atoms. The Balaban J connectivity index is 2.27. The van der Waals surface area contributed by atoms with Gasteiger partial charge in [-0.1, -0.05) is 19.1 Å². The Hall–Kier alpha value is -1.53. The highest BCUT2D eigenvalue weighted by Crippen LogP contribution is 2.16. The Labute approximate surface area is 117 Å². The van der Waals surface area contributed by atoms with Crippen molar-refractivity contribution in [2.75, 3.05) is 6.61 Å². The zero-order chi connectivity index (χ0) is 13.7. The van der Waals surface area contributed by atoms with Crippen LogP contribution in [0.15, 0.2) is 18.5 Å². The van der Waals surface area contributed by atoms with E-state index in [2.05, 4.69) is 22.0 Å². The van der Waals surface area contributed by atoms with Crippen molar-refractivity contribution in [3.63, 3.8) is 0 Å². The molecular weight excluding hydrogens is 260 g/mol. The zero-order valence-electron chi connectivity index (χ0n) is 11.2. The molecule has 2 aromatic rings. The van der Waals surface area contributed by atoms with Gasteiger partial charge in [0.25, 0.3) is 0 Å². The fourth-order valence-electron chi connectivity index (χ4n) is 1.78. The van der Waals surface area contributed by atoms with Crippen molar-refractivity contribution in [1.82, 2.24) is 19.7 Å². The van der Waals surface area contributed by atoms with Gasteiger partial charge in [-0.15, -0.1) is 0 Å². The molecule has 0 spiro atoms. The molecule has 0 saturated carbocycles. The van der Waals surface area contributed by atoms with Gasteiger partial charge >= 0.3 is 0 Å². The number of ether oxygens (including phenoxy) is 1. The fraction of sp³-hybridized carbons (Fsp3) is 0.462. The highest BCUT2D eigenvalue weighted by molar-refractivity contribution is 7.71. The largest absolute Gasteiger partial charge is 0.374 e. The Kier molecular flexibility index (Phi) is 4.81. The number of aryl methyl sites for hydroxylation is 1. The second-order valence-corrected chi connectivity index (χ2v) is 4.63. The monoisotopic (exact) mass is 278 g/mol. The van der Waals surface area contributed by atoms with E-state index in [1.54, 1.807) is 0 Å². The van der Waals surface area contributed by atoms with E-state index in [1.807, 2.05) is 30.1 Å². The van der Waals surface area contributed by atoms with Crippen molar-refractivity contribution >= 4 is 12.2 Å². The molecule has 2 aromatic heterocycles. The molecule has 5 nitrogen and oxygen atoms in total. The maximum Gasteiger partial charge on any atom is 0.134 e. The number of aromatic amines is 1. The molecule has 2 heterocycles. The van der Waals surface area contributed by atoms with Gasteiger partial charge in [0.1, 0.15) is 17.1 Å². The Morgan fingerprint density at radius 2 is 2.26 bits per heavy atom. The second-order valence-electron chi connectivity index (χ2n) is 4.21. The van der Waals surface area contributed by atoms with E-state index < -0.39 is 0 Å². The topological polar surface area (TPSA) is 55.7 Å². The first-order valence-electron chi connectivity index (χ1n) is 6.43. The second kappa shape index (κ2) is 6.58. The summed E-state index contributed by atoms with van der Waals surface area (Å²) >= 11 is 5.18. The Morgan fingerprint density at radius 1 is 1.42 bits per heavy atom. The SMILES string of the molecule is CCCn1cc(-c2cc(=S)nc(COCC)[nH]2)cn1. The summed E-state index contributed by atoms with van der Waals surface area (Å²) in [6.07, 6.45) is 4.90. The summed E-state index contributed by atoms with van der Waals surface area (Å²) in [4.78, 5) is 7.48.